The Morgan fingerprint density at radius 3 is 2.37 bits per heavy atom. The number of sulfonamides is 1. The van der Waals surface area contributed by atoms with Gasteiger partial charge in [-0.25, -0.2) is 12.8 Å². The molecule has 2 aromatic rings. The van der Waals surface area contributed by atoms with Crippen LogP contribution in [-0.4, -0.2) is 34.0 Å². The van der Waals surface area contributed by atoms with E-state index in [0.717, 1.165) is 23.6 Å². The second kappa shape index (κ2) is 8.26. The maximum absolute atomic E-state index is 13.4. The Hall–Kier alpha value is -2.61. The summed E-state index contributed by atoms with van der Waals surface area (Å²) in [6, 6.07) is 11.1. The number of fused-ring (bicyclic) bond motifs is 2. The minimum Gasteiger partial charge on any atom is -0.497 e. The fraction of sp³-hybridized carbons (Fsp3) is 0.409. The third-order valence-electron chi connectivity index (χ3n) is 6.13. The first kappa shape index (κ1) is 20.7. The largest absolute Gasteiger partial charge is 0.497 e. The first-order chi connectivity index (χ1) is 14.4. The number of nitrogens with one attached hydrogen (secondary N) is 1. The molecule has 1 N–H and O–H groups in total. The molecule has 0 heterocycles. The van der Waals surface area contributed by atoms with Crippen molar-refractivity contribution < 1.29 is 22.3 Å². The molecule has 1 amide bonds. The van der Waals surface area contributed by atoms with Gasteiger partial charge in [0, 0.05) is 6.04 Å². The number of hydrogen-bond donors (Lipinski definition) is 1. The van der Waals surface area contributed by atoms with Gasteiger partial charge in [0.2, 0.25) is 5.91 Å². The smallest absolute Gasteiger partial charge is 0.264 e. The average Bonchev–Trinajstić information content (AvgIpc) is 3.36. The van der Waals surface area contributed by atoms with Crippen LogP contribution in [0.15, 0.2) is 53.4 Å². The van der Waals surface area contributed by atoms with Gasteiger partial charge in [-0.1, -0.05) is 6.42 Å². The Morgan fingerprint density at radius 1 is 1.10 bits per heavy atom. The lowest BCUT2D eigenvalue weighted by Gasteiger charge is -2.27. The lowest BCUT2D eigenvalue weighted by molar-refractivity contribution is -0.120. The summed E-state index contributed by atoms with van der Waals surface area (Å²) in [6.07, 6.45) is 4.42. The van der Waals surface area contributed by atoms with E-state index < -0.39 is 15.8 Å². The normalized spacial score (nSPS) is 22.7. The zero-order valence-corrected chi connectivity index (χ0v) is 17.6. The molecule has 0 unspecified atom stereocenters. The predicted octanol–water partition coefficient (Wildman–Crippen LogP) is 3.33. The standard InChI is InChI=1S/C22H25FN2O4S/c1-29-19-8-10-20(11-9-19)30(27,28)25(18-6-4-17(23)5-7-18)14-22(26)24-21-13-15-2-3-16(21)12-15/h4-11,15-16,21H,2-3,12-14H2,1H3,(H,24,26)/t15-,16+,21+/m1/s1. The molecule has 2 bridgehead atoms. The van der Waals surface area contributed by atoms with E-state index in [0.29, 0.717) is 17.6 Å². The number of carbonyl (C=O) groups is 1. The van der Waals surface area contributed by atoms with E-state index in [9.17, 15) is 17.6 Å². The van der Waals surface area contributed by atoms with Gasteiger partial charge in [0.15, 0.2) is 0 Å². The SMILES string of the molecule is COc1ccc(S(=O)(=O)N(CC(=O)N[C@H]2C[C@@H]3CC[C@H]2C3)c2ccc(F)cc2)cc1. The van der Waals surface area contributed by atoms with Crippen molar-refractivity contribution in [2.75, 3.05) is 18.0 Å². The summed E-state index contributed by atoms with van der Waals surface area (Å²) in [5.74, 6) is 0.838. The molecule has 0 aromatic heterocycles. The maximum Gasteiger partial charge on any atom is 0.264 e. The summed E-state index contributed by atoms with van der Waals surface area (Å²) in [7, 11) is -2.54. The highest BCUT2D eigenvalue weighted by Gasteiger charge is 2.40. The second-order valence-electron chi connectivity index (χ2n) is 8.01. The molecule has 2 aromatic carbocycles. The molecule has 2 aliphatic rings. The summed E-state index contributed by atoms with van der Waals surface area (Å²) < 4.78 is 46.2. The minimum atomic E-state index is -4.04. The van der Waals surface area contributed by atoms with Crippen molar-refractivity contribution in [3.63, 3.8) is 0 Å². The summed E-state index contributed by atoms with van der Waals surface area (Å²) in [4.78, 5) is 12.8. The van der Waals surface area contributed by atoms with Crippen LogP contribution >= 0.6 is 0 Å². The van der Waals surface area contributed by atoms with E-state index in [2.05, 4.69) is 5.32 Å². The number of amides is 1. The highest BCUT2D eigenvalue weighted by Crippen LogP contribution is 2.44. The monoisotopic (exact) mass is 432 g/mol. The third kappa shape index (κ3) is 4.14. The lowest BCUT2D eigenvalue weighted by atomic mass is 9.95. The van der Waals surface area contributed by atoms with Gasteiger partial charge in [-0.15, -0.1) is 0 Å². The van der Waals surface area contributed by atoms with Gasteiger partial charge in [0.1, 0.15) is 18.1 Å². The number of carbonyl (C=O) groups excluding carboxylic acids is 1. The van der Waals surface area contributed by atoms with E-state index in [-0.39, 0.29) is 29.1 Å². The van der Waals surface area contributed by atoms with Crippen LogP contribution in [-0.2, 0) is 14.8 Å². The number of nitrogens with zero attached hydrogens (tertiary/aromatic N) is 1. The maximum atomic E-state index is 13.4. The molecule has 0 radical (unpaired) electrons. The Labute approximate surface area is 176 Å². The Bertz CT molecular complexity index is 1010. The van der Waals surface area contributed by atoms with Crippen LogP contribution in [0.1, 0.15) is 25.7 Å². The van der Waals surface area contributed by atoms with Crippen LogP contribution in [0.3, 0.4) is 0 Å². The highest BCUT2D eigenvalue weighted by atomic mass is 32.2. The van der Waals surface area contributed by atoms with E-state index in [4.69, 9.17) is 4.74 Å². The zero-order chi connectivity index (χ0) is 21.3. The molecule has 160 valence electrons. The minimum absolute atomic E-state index is 0.0281. The topological polar surface area (TPSA) is 75.7 Å². The highest BCUT2D eigenvalue weighted by molar-refractivity contribution is 7.92. The van der Waals surface area contributed by atoms with Crippen molar-refractivity contribution in [2.24, 2.45) is 11.8 Å². The van der Waals surface area contributed by atoms with Crippen LogP contribution in [0.25, 0.3) is 0 Å². The average molecular weight is 433 g/mol. The summed E-state index contributed by atoms with van der Waals surface area (Å²) >= 11 is 0. The molecule has 6 nitrogen and oxygen atoms in total. The summed E-state index contributed by atoms with van der Waals surface area (Å²) in [5, 5.41) is 3.02. The molecular formula is C22H25FN2O4S. The second-order valence-corrected chi connectivity index (χ2v) is 9.87. The molecule has 30 heavy (non-hydrogen) atoms. The van der Waals surface area contributed by atoms with Crippen molar-refractivity contribution in [3.05, 3.63) is 54.3 Å². The van der Waals surface area contributed by atoms with Crippen LogP contribution < -0.4 is 14.4 Å². The fourth-order valence-electron chi connectivity index (χ4n) is 4.60. The van der Waals surface area contributed by atoms with Gasteiger partial charge in [-0.05, 0) is 79.6 Å². The van der Waals surface area contributed by atoms with E-state index in [1.807, 2.05) is 0 Å². The molecule has 8 heteroatoms. The van der Waals surface area contributed by atoms with E-state index >= 15 is 0 Å². The van der Waals surface area contributed by atoms with Crippen molar-refractivity contribution in [3.8, 4) is 5.75 Å². The number of ether oxygens (including phenoxy) is 1. The number of benzene rings is 2. The molecular weight excluding hydrogens is 407 g/mol. The van der Waals surface area contributed by atoms with E-state index in [1.54, 1.807) is 12.1 Å². The van der Waals surface area contributed by atoms with Crippen molar-refractivity contribution in [1.82, 2.24) is 5.32 Å². The lowest BCUT2D eigenvalue weighted by Crippen LogP contribution is -2.46. The number of rotatable bonds is 7. The molecule has 0 saturated heterocycles. The summed E-state index contributed by atoms with van der Waals surface area (Å²) in [5.41, 5.74) is 0.232. The Balaban J connectivity index is 1.58. The Kier molecular flexibility index (Phi) is 5.69. The molecule has 0 aliphatic heterocycles. The van der Waals surface area contributed by atoms with Crippen molar-refractivity contribution in [1.29, 1.82) is 0 Å². The van der Waals surface area contributed by atoms with Gasteiger partial charge in [0.25, 0.3) is 10.0 Å². The number of anilines is 1. The fourth-order valence-corrected chi connectivity index (χ4v) is 6.02. The van der Waals surface area contributed by atoms with Gasteiger partial charge in [0.05, 0.1) is 17.7 Å². The zero-order valence-electron chi connectivity index (χ0n) is 16.8. The third-order valence-corrected chi connectivity index (χ3v) is 7.92. The van der Waals surface area contributed by atoms with Gasteiger partial charge in [-0.3, -0.25) is 9.10 Å². The van der Waals surface area contributed by atoms with Crippen LogP contribution in [0.5, 0.6) is 5.75 Å². The van der Waals surface area contributed by atoms with Gasteiger partial charge < -0.3 is 10.1 Å². The molecule has 2 fully saturated rings. The molecule has 3 atom stereocenters. The van der Waals surface area contributed by atoms with E-state index in [1.165, 1.54) is 49.9 Å². The number of halogens is 1. The number of hydrogen-bond acceptors (Lipinski definition) is 4. The van der Waals surface area contributed by atoms with Gasteiger partial charge in [-0.2, -0.15) is 0 Å². The molecule has 0 spiro atoms. The van der Waals surface area contributed by atoms with Crippen molar-refractivity contribution in [2.45, 2.75) is 36.6 Å². The van der Waals surface area contributed by atoms with Crippen LogP contribution in [0.2, 0.25) is 0 Å². The first-order valence-corrected chi connectivity index (χ1v) is 11.5. The first-order valence-electron chi connectivity index (χ1n) is 10.1. The number of methoxy groups -OCH3 is 1. The van der Waals surface area contributed by atoms with Crippen LogP contribution in [0.4, 0.5) is 10.1 Å². The molecule has 2 saturated carbocycles. The Morgan fingerprint density at radius 2 is 1.80 bits per heavy atom. The summed E-state index contributed by atoms with van der Waals surface area (Å²) in [6.45, 7) is -0.367. The quantitative estimate of drug-likeness (QED) is 0.728. The van der Waals surface area contributed by atoms with Gasteiger partial charge >= 0.3 is 0 Å². The van der Waals surface area contributed by atoms with Crippen molar-refractivity contribution >= 4 is 21.6 Å². The predicted molar refractivity (Wildman–Crippen MR) is 111 cm³/mol. The molecule has 4 rings (SSSR count). The van der Waals surface area contributed by atoms with Crippen LogP contribution in [0, 0.1) is 17.7 Å². The molecule has 2 aliphatic carbocycles.